The number of anilines is 1. The molecule has 0 amide bonds. The highest BCUT2D eigenvalue weighted by atomic mass is 79.9. The van der Waals surface area contributed by atoms with Crippen LogP contribution < -0.4 is 5.73 Å². The third kappa shape index (κ3) is 3.18. The van der Waals surface area contributed by atoms with Crippen molar-refractivity contribution in [2.24, 2.45) is 0 Å². The first kappa shape index (κ1) is 14.4. The summed E-state index contributed by atoms with van der Waals surface area (Å²) in [6.45, 7) is 5.73. The zero-order valence-corrected chi connectivity index (χ0v) is 13.6. The van der Waals surface area contributed by atoms with Gasteiger partial charge < -0.3 is 5.73 Å². The van der Waals surface area contributed by atoms with E-state index in [1.54, 1.807) is 0 Å². The number of benzene rings is 1. The average molecular weight is 338 g/mol. The molecule has 1 aliphatic carbocycles. The monoisotopic (exact) mass is 337 g/mol. The minimum Gasteiger partial charge on any atom is -0.398 e. The van der Waals surface area contributed by atoms with Crippen LogP contribution in [-0.4, -0.2) is 42.0 Å². The van der Waals surface area contributed by atoms with Crippen LogP contribution in [0, 0.1) is 0 Å². The van der Waals surface area contributed by atoms with Gasteiger partial charge in [0, 0.05) is 54.5 Å². The van der Waals surface area contributed by atoms with E-state index in [0.717, 1.165) is 35.8 Å². The lowest BCUT2D eigenvalue weighted by Gasteiger charge is -2.38. The number of piperazine rings is 1. The number of rotatable bonds is 3. The highest BCUT2D eigenvalue weighted by molar-refractivity contribution is 9.10. The largest absolute Gasteiger partial charge is 0.398 e. The van der Waals surface area contributed by atoms with E-state index in [-0.39, 0.29) is 0 Å². The van der Waals surface area contributed by atoms with Gasteiger partial charge in [-0.25, -0.2) is 0 Å². The second kappa shape index (κ2) is 6.46. The predicted octanol–water partition coefficient (Wildman–Crippen LogP) is 3.09. The Hall–Kier alpha value is -0.580. The van der Waals surface area contributed by atoms with Crippen molar-refractivity contribution in [1.82, 2.24) is 9.80 Å². The summed E-state index contributed by atoms with van der Waals surface area (Å²) in [5.74, 6) is 0. The Morgan fingerprint density at radius 1 is 1.10 bits per heavy atom. The van der Waals surface area contributed by atoms with Gasteiger partial charge in [0.1, 0.15) is 0 Å². The van der Waals surface area contributed by atoms with Crippen molar-refractivity contribution in [3.63, 3.8) is 0 Å². The zero-order chi connectivity index (χ0) is 13.9. The maximum absolute atomic E-state index is 6.10. The van der Waals surface area contributed by atoms with E-state index >= 15 is 0 Å². The van der Waals surface area contributed by atoms with Crippen molar-refractivity contribution in [2.75, 3.05) is 31.9 Å². The van der Waals surface area contributed by atoms with Crippen LogP contribution in [0.15, 0.2) is 22.7 Å². The molecule has 4 heteroatoms. The Balaban J connectivity index is 1.56. The summed E-state index contributed by atoms with van der Waals surface area (Å²) in [6.07, 6.45) is 5.69. The normalized spacial score (nSPS) is 22.4. The fraction of sp³-hybridized carbons (Fsp3) is 0.625. The molecule has 3 rings (SSSR count). The van der Waals surface area contributed by atoms with E-state index in [2.05, 4.69) is 31.8 Å². The van der Waals surface area contributed by atoms with Crippen molar-refractivity contribution in [3.05, 3.63) is 28.2 Å². The minimum atomic E-state index is 0.866. The number of hydrogen-bond acceptors (Lipinski definition) is 3. The molecule has 0 bridgehead atoms. The third-order valence-electron chi connectivity index (χ3n) is 4.78. The molecule has 0 spiro atoms. The first-order chi connectivity index (χ1) is 9.74. The van der Waals surface area contributed by atoms with Gasteiger partial charge in [-0.3, -0.25) is 9.80 Å². The Morgan fingerprint density at radius 3 is 2.45 bits per heavy atom. The molecular weight excluding hydrogens is 314 g/mol. The van der Waals surface area contributed by atoms with Crippen molar-refractivity contribution >= 4 is 21.6 Å². The number of nitrogens with zero attached hydrogens (tertiary/aromatic N) is 2. The Morgan fingerprint density at radius 2 is 1.80 bits per heavy atom. The summed E-state index contributed by atoms with van der Waals surface area (Å²) in [7, 11) is 0. The van der Waals surface area contributed by atoms with Gasteiger partial charge in [-0.05, 0) is 25.0 Å². The molecule has 0 radical (unpaired) electrons. The molecule has 0 unspecified atom stereocenters. The average Bonchev–Trinajstić information content (AvgIpc) is 2.98. The van der Waals surface area contributed by atoms with E-state index in [9.17, 15) is 0 Å². The van der Waals surface area contributed by atoms with Crippen LogP contribution in [0.1, 0.15) is 31.2 Å². The van der Waals surface area contributed by atoms with E-state index in [1.165, 1.54) is 44.3 Å². The SMILES string of the molecule is Nc1cccc(Br)c1CN1CCN(C2CCCC2)CC1. The van der Waals surface area contributed by atoms with Crippen molar-refractivity contribution in [1.29, 1.82) is 0 Å². The Labute approximate surface area is 130 Å². The second-order valence-electron chi connectivity index (χ2n) is 6.06. The fourth-order valence-electron chi connectivity index (χ4n) is 3.52. The summed E-state index contributed by atoms with van der Waals surface area (Å²) >= 11 is 3.62. The molecule has 0 atom stereocenters. The predicted molar refractivity (Wildman–Crippen MR) is 87.7 cm³/mol. The van der Waals surface area contributed by atoms with Crippen molar-refractivity contribution < 1.29 is 0 Å². The summed E-state index contributed by atoms with van der Waals surface area (Å²) in [5.41, 5.74) is 8.24. The lowest BCUT2D eigenvalue weighted by molar-refractivity contribution is 0.0937. The molecule has 2 aliphatic rings. The zero-order valence-electron chi connectivity index (χ0n) is 12.0. The molecule has 0 aromatic heterocycles. The summed E-state index contributed by atoms with van der Waals surface area (Å²) < 4.78 is 1.13. The van der Waals surface area contributed by atoms with Gasteiger partial charge in [0.2, 0.25) is 0 Å². The van der Waals surface area contributed by atoms with Gasteiger partial charge in [0.15, 0.2) is 0 Å². The van der Waals surface area contributed by atoms with Crippen LogP contribution in [0.25, 0.3) is 0 Å². The molecule has 1 saturated heterocycles. The topological polar surface area (TPSA) is 32.5 Å². The lowest BCUT2D eigenvalue weighted by Crippen LogP contribution is -2.49. The van der Waals surface area contributed by atoms with Crippen LogP contribution in [0.5, 0.6) is 0 Å². The van der Waals surface area contributed by atoms with E-state index in [4.69, 9.17) is 5.73 Å². The molecular formula is C16H24BrN3. The van der Waals surface area contributed by atoms with Gasteiger partial charge >= 0.3 is 0 Å². The number of nitrogen functional groups attached to an aromatic ring is 1. The van der Waals surface area contributed by atoms with Crippen LogP contribution in [0.4, 0.5) is 5.69 Å². The quantitative estimate of drug-likeness (QED) is 0.860. The van der Waals surface area contributed by atoms with E-state index in [0.29, 0.717) is 0 Å². The van der Waals surface area contributed by atoms with Crippen LogP contribution in [0.2, 0.25) is 0 Å². The van der Waals surface area contributed by atoms with Crippen molar-refractivity contribution in [2.45, 2.75) is 38.3 Å². The standard InChI is InChI=1S/C16H24BrN3/c17-15-6-3-7-16(18)14(15)12-19-8-10-20(11-9-19)13-4-1-2-5-13/h3,6-7,13H,1-2,4-5,8-12,18H2. The molecule has 3 nitrogen and oxygen atoms in total. The molecule has 1 aromatic carbocycles. The maximum atomic E-state index is 6.10. The molecule has 110 valence electrons. The number of halogens is 1. The summed E-state index contributed by atoms with van der Waals surface area (Å²) in [5, 5.41) is 0. The molecule has 1 aliphatic heterocycles. The molecule has 20 heavy (non-hydrogen) atoms. The van der Waals surface area contributed by atoms with Crippen LogP contribution in [-0.2, 0) is 6.54 Å². The highest BCUT2D eigenvalue weighted by Crippen LogP contribution is 2.27. The molecule has 1 aromatic rings. The smallest absolute Gasteiger partial charge is 0.0371 e. The minimum absolute atomic E-state index is 0.866. The van der Waals surface area contributed by atoms with Gasteiger partial charge in [0.25, 0.3) is 0 Å². The van der Waals surface area contributed by atoms with Gasteiger partial charge in [-0.1, -0.05) is 34.8 Å². The van der Waals surface area contributed by atoms with Gasteiger partial charge in [-0.15, -0.1) is 0 Å². The Bertz CT molecular complexity index is 429. The van der Waals surface area contributed by atoms with Crippen molar-refractivity contribution in [3.8, 4) is 0 Å². The number of hydrogen-bond donors (Lipinski definition) is 1. The lowest BCUT2D eigenvalue weighted by atomic mass is 10.1. The second-order valence-corrected chi connectivity index (χ2v) is 6.91. The fourth-order valence-corrected chi connectivity index (χ4v) is 4.03. The first-order valence-electron chi connectivity index (χ1n) is 7.73. The number of nitrogens with two attached hydrogens (primary N) is 1. The van der Waals surface area contributed by atoms with Crippen LogP contribution >= 0.6 is 15.9 Å². The first-order valence-corrected chi connectivity index (χ1v) is 8.52. The molecule has 2 fully saturated rings. The summed E-state index contributed by atoms with van der Waals surface area (Å²) in [6, 6.07) is 6.95. The third-order valence-corrected chi connectivity index (χ3v) is 5.53. The van der Waals surface area contributed by atoms with Crippen LogP contribution in [0.3, 0.4) is 0 Å². The van der Waals surface area contributed by atoms with E-state index in [1.807, 2.05) is 12.1 Å². The molecule has 1 heterocycles. The highest BCUT2D eigenvalue weighted by Gasteiger charge is 2.26. The maximum Gasteiger partial charge on any atom is 0.0371 e. The molecule has 2 N–H and O–H groups in total. The van der Waals surface area contributed by atoms with Gasteiger partial charge in [-0.2, -0.15) is 0 Å². The van der Waals surface area contributed by atoms with E-state index < -0.39 is 0 Å². The molecule has 1 saturated carbocycles. The Kier molecular flexibility index (Phi) is 4.64. The van der Waals surface area contributed by atoms with Gasteiger partial charge in [0.05, 0.1) is 0 Å². The summed E-state index contributed by atoms with van der Waals surface area (Å²) in [4.78, 5) is 5.23.